The quantitative estimate of drug-likeness (QED) is 0.794. The first-order chi connectivity index (χ1) is 9.88. The van der Waals surface area contributed by atoms with Crippen molar-refractivity contribution in [2.75, 3.05) is 16.9 Å². The highest BCUT2D eigenvalue weighted by Crippen LogP contribution is 2.35. The Hall–Kier alpha value is -2.23. The number of carbonyl (C=O) groups excluding carboxylic acids is 1. The molecule has 1 aliphatic rings. The first-order valence-electron chi connectivity index (χ1n) is 5.69. The van der Waals surface area contributed by atoms with Gasteiger partial charge in [-0.3, -0.25) is 5.32 Å². The van der Waals surface area contributed by atoms with Crippen LogP contribution in [0.25, 0.3) is 5.69 Å². The zero-order valence-electron chi connectivity index (χ0n) is 10.5. The Morgan fingerprint density at radius 1 is 1.29 bits per heavy atom. The second-order valence-corrected chi connectivity index (χ2v) is 4.92. The molecule has 0 saturated heterocycles. The lowest BCUT2D eigenvalue weighted by Gasteiger charge is -2.11. The summed E-state index contributed by atoms with van der Waals surface area (Å²) in [6.45, 7) is 0. The van der Waals surface area contributed by atoms with E-state index in [-0.39, 0.29) is 11.6 Å². The van der Waals surface area contributed by atoms with Crippen molar-refractivity contribution in [3.8, 4) is 5.69 Å². The summed E-state index contributed by atoms with van der Waals surface area (Å²) in [5.41, 5.74) is -0.530. The predicted molar refractivity (Wildman–Crippen MR) is 70.8 cm³/mol. The fourth-order valence-electron chi connectivity index (χ4n) is 1.88. The molecule has 0 spiro atoms. The molecule has 0 saturated carbocycles. The largest absolute Gasteiger partial charge is 0.416 e. The summed E-state index contributed by atoms with van der Waals surface area (Å²) in [7, 11) is 0. The van der Waals surface area contributed by atoms with E-state index in [4.69, 9.17) is 0 Å². The smallest absolute Gasteiger partial charge is 0.306 e. The molecule has 6 nitrogen and oxygen atoms in total. The van der Waals surface area contributed by atoms with Crippen LogP contribution in [0, 0.1) is 0 Å². The summed E-state index contributed by atoms with van der Waals surface area (Å²) < 4.78 is 39.5. The molecule has 1 aromatic carbocycles. The standard InChI is InChI=1S/C11H8F3N5OS/c1-21-10-17-8-16-9(20)15-6-4-5(11(12,13)14)2-3-7(6)19(8)18-10/h2-4H,1H3,(H2,15,16,17,18,20). The minimum atomic E-state index is -4.49. The summed E-state index contributed by atoms with van der Waals surface area (Å²) >= 11 is 1.26. The number of urea groups is 1. The Balaban J connectivity index is 2.18. The van der Waals surface area contributed by atoms with E-state index >= 15 is 0 Å². The topological polar surface area (TPSA) is 71.8 Å². The van der Waals surface area contributed by atoms with Crippen molar-refractivity contribution in [1.82, 2.24) is 14.8 Å². The fraction of sp³-hybridized carbons (Fsp3) is 0.182. The van der Waals surface area contributed by atoms with E-state index in [2.05, 4.69) is 20.7 Å². The highest BCUT2D eigenvalue weighted by molar-refractivity contribution is 7.98. The number of amides is 2. The summed E-state index contributed by atoms with van der Waals surface area (Å²) in [6.07, 6.45) is -2.74. The summed E-state index contributed by atoms with van der Waals surface area (Å²) in [6, 6.07) is 2.37. The number of rotatable bonds is 1. The van der Waals surface area contributed by atoms with Gasteiger partial charge in [0.2, 0.25) is 11.1 Å². The fourth-order valence-corrected chi connectivity index (χ4v) is 2.22. The molecular formula is C11H8F3N5OS. The predicted octanol–water partition coefficient (Wildman–Crippen LogP) is 2.97. The highest BCUT2D eigenvalue weighted by Gasteiger charge is 2.32. The van der Waals surface area contributed by atoms with Gasteiger partial charge >= 0.3 is 12.2 Å². The SMILES string of the molecule is CSc1nc2n(n1)-c1ccc(C(F)(F)F)cc1NC(=O)N2. The van der Waals surface area contributed by atoms with Gasteiger partial charge in [-0.05, 0) is 24.5 Å². The normalized spacial score (nSPS) is 13.8. The molecule has 3 rings (SSSR count). The van der Waals surface area contributed by atoms with Crippen LogP contribution in [0.1, 0.15) is 5.56 Å². The third-order valence-corrected chi connectivity index (χ3v) is 3.33. The van der Waals surface area contributed by atoms with E-state index in [1.54, 1.807) is 6.26 Å². The van der Waals surface area contributed by atoms with Crippen molar-refractivity contribution in [3.05, 3.63) is 23.8 Å². The number of fused-ring (bicyclic) bond motifs is 3. The third-order valence-electron chi connectivity index (χ3n) is 2.80. The van der Waals surface area contributed by atoms with Gasteiger partial charge < -0.3 is 5.32 Å². The number of alkyl halides is 3. The van der Waals surface area contributed by atoms with E-state index in [0.717, 1.165) is 12.1 Å². The number of carbonyl (C=O) groups is 1. The highest BCUT2D eigenvalue weighted by atomic mass is 32.2. The number of hydrogen-bond donors (Lipinski definition) is 2. The molecule has 0 radical (unpaired) electrons. The minimum absolute atomic E-state index is 0.0126. The maximum absolute atomic E-state index is 12.7. The van der Waals surface area contributed by atoms with Crippen LogP contribution in [0.4, 0.5) is 29.6 Å². The molecule has 10 heteroatoms. The van der Waals surface area contributed by atoms with Crippen LogP contribution in [0.5, 0.6) is 0 Å². The Kier molecular flexibility index (Phi) is 3.04. The number of thioether (sulfide) groups is 1. The average molecular weight is 315 g/mol. The Morgan fingerprint density at radius 2 is 2.05 bits per heavy atom. The second kappa shape index (κ2) is 4.65. The van der Waals surface area contributed by atoms with E-state index < -0.39 is 17.8 Å². The van der Waals surface area contributed by atoms with E-state index in [1.807, 2.05) is 0 Å². The van der Waals surface area contributed by atoms with Crippen LogP contribution < -0.4 is 10.6 Å². The molecule has 0 atom stereocenters. The molecule has 2 amide bonds. The summed E-state index contributed by atoms with van der Waals surface area (Å²) in [5, 5.41) is 9.31. The van der Waals surface area contributed by atoms with Crippen molar-refractivity contribution >= 4 is 29.4 Å². The zero-order valence-corrected chi connectivity index (χ0v) is 11.3. The Bertz CT molecular complexity index is 727. The third kappa shape index (κ3) is 2.42. The van der Waals surface area contributed by atoms with Gasteiger partial charge in [-0.15, -0.1) is 5.10 Å². The van der Waals surface area contributed by atoms with Crippen LogP contribution in [-0.2, 0) is 6.18 Å². The van der Waals surface area contributed by atoms with Crippen molar-refractivity contribution in [2.24, 2.45) is 0 Å². The van der Waals surface area contributed by atoms with E-state index in [1.165, 1.54) is 22.5 Å². The Labute approximate surface area is 120 Å². The molecule has 0 aliphatic carbocycles. The number of halogens is 3. The maximum atomic E-state index is 12.7. The lowest BCUT2D eigenvalue weighted by molar-refractivity contribution is -0.137. The lowest BCUT2D eigenvalue weighted by Crippen LogP contribution is -2.18. The van der Waals surface area contributed by atoms with Crippen molar-refractivity contribution in [1.29, 1.82) is 0 Å². The van der Waals surface area contributed by atoms with Gasteiger partial charge in [-0.1, -0.05) is 11.8 Å². The number of nitrogens with zero attached hydrogens (tertiary/aromatic N) is 3. The monoisotopic (exact) mass is 315 g/mol. The molecule has 2 heterocycles. The maximum Gasteiger partial charge on any atom is 0.416 e. The lowest BCUT2D eigenvalue weighted by atomic mass is 10.1. The summed E-state index contributed by atoms with van der Waals surface area (Å²) in [5.74, 6) is 0.148. The van der Waals surface area contributed by atoms with Crippen molar-refractivity contribution in [2.45, 2.75) is 11.3 Å². The molecule has 1 aliphatic heterocycles. The van der Waals surface area contributed by atoms with Gasteiger partial charge in [0.15, 0.2) is 0 Å². The van der Waals surface area contributed by atoms with Gasteiger partial charge in [-0.25, -0.2) is 4.79 Å². The van der Waals surface area contributed by atoms with Gasteiger partial charge in [0.1, 0.15) is 0 Å². The van der Waals surface area contributed by atoms with Crippen LogP contribution in [0.2, 0.25) is 0 Å². The molecule has 0 unspecified atom stereocenters. The molecule has 2 N–H and O–H groups in total. The number of aromatic nitrogens is 3. The second-order valence-electron chi connectivity index (χ2n) is 4.14. The molecule has 2 aromatic rings. The molecule has 1 aromatic heterocycles. The van der Waals surface area contributed by atoms with Crippen LogP contribution in [0.3, 0.4) is 0 Å². The van der Waals surface area contributed by atoms with Gasteiger partial charge in [0.05, 0.1) is 16.9 Å². The first-order valence-corrected chi connectivity index (χ1v) is 6.91. The van der Waals surface area contributed by atoms with Crippen molar-refractivity contribution < 1.29 is 18.0 Å². The Morgan fingerprint density at radius 3 is 2.71 bits per heavy atom. The molecule has 0 bridgehead atoms. The molecule has 110 valence electrons. The van der Waals surface area contributed by atoms with Gasteiger partial charge in [0.25, 0.3) is 0 Å². The van der Waals surface area contributed by atoms with Crippen LogP contribution in [0.15, 0.2) is 23.4 Å². The van der Waals surface area contributed by atoms with E-state index in [0.29, 0.717) is 10.8 Å². The van der Waals surface area contributed by atoms with Crippen LogP contribution >= 0.6 is 11.8 Å². The number of hydrogen-bond acceptors (Lipinski definition) is 4. The van der Waals surface area contributed by atoms with Crippen LogP contribution in [-0.4, -0.2) is 27.1 Å². The van der Waals surface area contributed by atoms with Crippen molar-refractivity contribution in [3.63, 3.8) is 0 Å². The number of nitrogens with one attached hydrogen (secondary N) is 2. The molecule has 0 fully saturated rings. The van der Waals surface area contributed by atoms with Gasteiger partial charge in [-0.2, -0.15) is 22.8 Å². The number of anilines is 2. The molecule has 21 heavy (non-hydrogen) atoms. The first kappa shape index (κ1) is 13.7. The minimum Gasteiger partial charge on any atom is -0.306 e. The van der Waals surface area contributed by atoms with Gasteiger partial charge in [0, 0.05) is 0 Å². The van der Waals surface area contributed by atoms with E-state index in [9.17, 15) is 18.0 Å². The zero-order chi connectivity index (χ0) is 15.2. The molecular weight excluding hydrogens is 307 g/mol. The number of benzene rings is 1. The average Bonchev–Trinajstić information content (AvgIpc) is 2.75. The summed E-state index contributed by atoms with van der Waals surface area (Å²) in [4.78, 5) is 15.7.